The Morgan fingerprint density at radius 2 is 1.84 bits per heavy atom. The summed E-state index contributed by atoms with van der Waals surface area (Å²) in [6, 6.07) is 6.04. The van der Waals surface area contributed by atoms with Crippen molar-refractivity contribution in [2.24, 2.45) is 0 Å². The predicted molar refractivity (Wildman–Crippen MR) is 71.1 cm³/mol. The standard InChI is InChI=1S/C12H12N2O4S/c15-11-9-3-1-2-4-10(9)12(16)14(13-11)8-5-6-19(17,18)7-8/h1-4,8H,5-7H2,(H,13,15). The summed E-state index contributed by atoms with van der Waals surface area (Å²) in [7, 11) is -3.11. The number of nitrogens with one attached hydrogen (secondary N) is 1. The zero-order valence-corrected chi connectivity index (χ0v) is 10.8. The maximum absolute atomic E-state index is 12.3. The lowest BCUT2D eigenvalue weighted by molar-refractivity contribution is 0.473. The SMILES string of the molecule is O=c1[nH]n(C2CCS(=O)(=O)C2)c(=O)c2ccccc12. The van der Waals surface area contributed by atoms with Crippen molar-refractivity contribution >= 4 is 20.6 Å². The van der Waals surface area contributed by atoms with Gasteiger partial charge >= 0.3 is 0 Å². The third kappa shape index (κ3) is 1.99. The molecule has 0 bridgehead atoms. The number of fused-ring (bicyclic) bond motifs is 1. The summed E-state index contributed by atoms with van der Waals surface area (Å²) in [6.07, 6.45) is 0.358. The van der Waals surface area contributed by atoms with Crippen molar-refractivity contribution in [2.75, 3.05) is 11.5 Å². The molecule has 100 valence electrons. The van der Waals surface area contributed by atoms with E-state index in [0.29, 0.717) is 17.2 Å². The van der Waals surface area contributed by atoms with E-state index in [-0.39, 0.29) is 22.6 Å². The second-order valence-corrected chi connectivity index (χ2v) is 6.95. The summed E-state index contributed by atoms with van der Waals surface area (Å²) < 4.78 is 24.1. The first kappa shape index (κ1) is 12.2. The number of benzene rings is 1. The fraction of sp³-hybridized carbons (Fsp3) is 0.333. The van der Waals surface area contributed by atoms with Gasteiger partial charge in [-0.2, -0.15) is 0 Å². The first-order valence-corrected chi connectivity index (χ1v) is 7.74. The minimum Gasteiger partial charge on any atom is -0.267 e. The Hall–Kier alpha value is -1.89. The lowest BCUT2D eigenvalue weighted by atomic mass is 10.2. The van der Waals surface area contributed by atoms with Gasteiger partial charge < -0.3 is 0 Å². The quantitative estimate of drug-likeness (QED) is 0.799. The van der Waals surface area contributed by atoms with Crippen LogP contribution in [0, 0.1) is 0 Å². The van der Waals surface area contributed by atoms with Gasteiger partial charge in [-0.15, -0.1) is 0 Å². The number of rotatable bonds is 1. The van der Waals surface area contributed by atoms with Gasteiger partial charge in [-0.3, -0.25) is 14.7 Å². The maximum Gasteiger partial charge on any atom is 0.273 e. The van der Waals surface area contributed by atoms with Crippen LogP contribution in [0.25, 0.3) is 10.8 Å². The highest BCUT2D eigenvalue weighted by molar-refractivity contribution is 7.91. The highest BCUT2D eigenvalue weighted by Gasteiger charge is 2.30. The maximum atomic E-state index is 12.3. The third-order valence-electron chi connectivity index (χ3n) is 3.42. The summed E-state index contributed by atoms with van der Waals surface area (Å²) in [6.45, 7) is 0. The number of aromatic amines is 1. The molecule has 0 spiro atoms. The smallest absolute Gasteiger partial charge is 0.267 e. The Morgan fingerprint density at radius 1 is 1.16 bits per heavy atom. The van der Waals surface area contributed by atoms with Crippen molar-refractivity contribution in [3.8, 4) is 0 Å². The first-order valence-electron chi connectivity index (χ1n) is 5.92. The molecule has 1 saturated heterocycles. The monoisotopic (exact) mass is 280 g/mol. The van der Waals surface area contributed by atoms with Gasteiger partial charge in [0.1, 0.15) is 0 Å². The third-order valence-corrected chi connectivity index (χ3v) is 5.17. The Labute approximate surface area is 108 Å². The average Bonchev–Trinajstić information content (AvgIpc) is 2.74. The Morgan fingerprint density at radius 3 is 2.47 bits per heavy atom. The molecule has 1 aromatic carbocycles. The summed E-state index contributed by atoms with van der Waals surface area (Å²) in [5.74, 6) is -0.0415. The zero-order chi connectivity index (χ0) is 13.6. The summed E-state index contributed by atoms with van der Waals surface area (Å²) in [4.78, 5) is 24.2. The molecule has 2 aromatic rings. The second-order valence-electron chi connectivity index (χ2n) is 4.72. The normalized spacial score (nSPS) is 21.8. The van der Waals surface area contributed by atoms with Gasteiger partial charge in [-0.1, -0.05) is 12.1 Å². The van der Waals surface area contributed by atoms with Crippen molar-refractivity contribution in [1.29, 1.82) is 0 Å². The Balaban J connectivity index is 2.24. The molecule has 1 fully saturated rings. The number of hydrogen-bond donors (Lipinski definition) is 1. The van der Waals surface area contributed by atoms with Crippen LogP contribution < -0.4 is 11.1 Å². The molecular formula is C12H12N2O4S. The lowest BCUT2D eigenvalue weighted by Crippen LogP contribution is -2.33. The lowest BCUT2D eigenvalue weighted by Gasteiger charge is -2.12. The first-order chi connectivity index (χ1) is 8.98. The van der Waals surface area contributed by atoms with E-state index in [1.54, 1.807) is 24.3 Å². The van der Waals surface area contributed by atoms with E-state index >= 15 is 0 Å². The van der Waals surface area contributed by atoms with Gasteiger partial charge in [-0.25, -0.2) is 13.1 Å². The van der Waals surface area contributed by atoms with Crippen LogP contribution in [0.15, 0.2) is 33.9 Å². The van der Waals surface area contributed by atoms with E-state index in [2.05, 4.69) is 5.10 Å². The fourth-order valence-electron chi connectivity index (χ4n) is 2.45. The van der Waals surface area contributed by atoms with E-state index in [0.717, 1.165) is 4.68 Å². The van der Waals surface area contributed by atoms with Crippen LogP contribution in [0.4, 0.5) is 0 Å². The molecule has 3 rings (SSSR count). The molecule has 1 unspecified atom stereocenters. The van der Waals surface area contributed by atoms with Crippen LogP contribution in [0.2, 0.25) is 0 Å². The Bertz CT molecular complexity index is 863. The molecular weight excluding hydrogens is 268 g/mol. The van der Waals surface area contributed by atoms with Gasteiger partial charge in [0.25, 0.3) is 11.1 Å². The molecule has 1 N–H and O–H groups in total. The zero-order valence-electron chi connectivity index (χ0n) is 10.00. The topological polar surface area (TPSA) is 89.0 Å². The summed E-state index contributed by atoms with van der Waals surface area (Å²) in [5.41, 5.74) is -0.725. The molecule has 7 heteroatoms. The highest BCUT2D eigenvalue weighted by atomic mass is 32.2. The molecule has 0 radical (unpaired) electrons. The molecule has 1 aromatic heterocycles. The van der Waals surface area contributed by atoms with Crippen molar-refractivity contribution in [1.82, 2.24) is 9.78 Å². The van der Waals surface area contributed by atoms with E-state index in [9.17, 15) is 18.0 Å². The van der Waals surface area contributed by atoms with Gasteiger partial charge in [0.15, 0.2) is 9.84 Å². The van der Waals surface area contributed by atoms with Crippen LogP contribution in [-0.4, -0.2) is 29.7 Å². The molecule has 1 aliphatic rings. The van der Waals surface area contributed by atoms with E-state index < -0.39 is 15.9 Å². The van der Waals surface area contributed by atoms with Crippen molar-refractivity contribution in [3.05, 3.63) is 45.0 Å². The number of H-pyrrole nitrogens is 1. The molecule has 6 nitrogen and oxygen atoms in total. The van der Waals surface area contributed by atoms with Crippen LogP contribution in [-0.2, 0) is 9.84 Å². The van der Waals surface area contributed by atoms with Crippen molar-refractivity contribution in [3.63, 3.8) is 0 Å². The molecule has 0 aliphatic carbocycles. The van der Waals surface area contributed by atoms with Gasteiger partial charge in [-0.05, 0) is 18.6 Å². The molecule has 19 heavy (non-hydrogen) atoms. The van der Waals surface area contributed by atoms with Crippen LogP contribution in [0.5, 0.6) is 0 Å². The summed E-state index contributed by atoms with van der Waals surface area (Å²) >= 11 is 0. The number of aromatic nitrogens is 2. The highest BCUT2D eigenvalue weighted by Crippen LogP contribution is 2.21. The predicted octanol–water partition coefficient (Wildman–Crippen LogP) is 0.0494. The minimum absolute atomic E-state index is 0.0545. The van der Waals surface area contributed by atoms with E-state index in [1.807, 2.05) is 0 Å². The number of nitrogens with zero attached hydrogens (tertiary/aromatic N) is 1. The van der Waals surface area contributed by atoms with Gasteiger partial charge in [0.05, 0.1) is 28.3 Å². The molecule has 1 atom stereocenters. The van der Waals surface area contributed by atoms with Crippen LogP contribution in [0.1, 0.15) is 12.5 Å². The minimum atomic E-state index is -3.11. The number of hydrogen-bond acceptors (Lipinski definition) is 4. The van der Waals surface area contributed by atoms with E-state index in [1.165, 1.54) is 0 Å². The molecule has 0 amide bonds. The second kappa shape index (κ2) is 4.06. The van der Waals surface area contributed by atoms with Crippen molar-refractivity contribution in [2.45, 2.75) is 12.5 Å². The van der Waals surface area contributed by atoms with Crippen molar-refractivity contribution < 1.29 is 8.42 Å². The molecule has 0 saturated carbocycles. The Kier molecular flexibility index (Phi) is 2.60. The fourth-order valence-corrected chi connectivity index (χ4v) is 4.15. The molecule has 1 aliphatic heterocycles. The summed E-state index contributed by atoms with van der Waals surface area (Å²) in [5, 5.41) is 3.12. The van der Waals surface area contributed by atoms with Gasteiger partial charge in [0, 0.05) is 0 Å². The van der Waals surface area contributed by atoms with E-state index in [4.69, 9.17) is 0 Å². The van der Waals surface area contributed by atoms with Crippen LogP contribution >= 0.6 is 0 Å². The average molecular weight is 280 g/mol. The van der Waals surface area contributed by atoms with Gasteiger partial charge in [0.2, 0.25) is 0 Å². The molecule has 2 heterocycles. The van der Waals surface area contributed by atoms with Crippen LogP contribution in [0.3, 0.4) is 0 Å². The largest absolute Gasteiger partial charge is 0.273 e. The number of sulfone groups is 1.